The molecule has 0 bridgehead atoms. The van der Waals surface area contributed by atoms with Crippen LogP contribution in [0.1, 0.15) is 30.5 Å². The molecule has 20 heavy (non-hydrogen) atoms. The first-order chi connectivity index (χ1) is 9.58. The van der Waals surface area contributed by atoms with Crippen LogP contribution in [0.2, 0.25) is 0 Å². The van der Waals surface area contributed by atoms with E-state index >= 15 is 0 Å². The molecule has 0 saturated carbocycles. The van der Waals surface area contributed by atoms with Crippen LogP contribution in [-0.2, 0) is 6.54 Å². The van der Waals surface area contributed by atoms with Crippen molar-refractivity contribution in [3.05, 3.63) is 59.2 Å². The molecule has 2 aromatic carbocycles. The topological polar surface area (TPSA) is 21.3 Å². The molecule has 0 saturated heterocycles. The van der Waals surface area contributed by atoms with Gasteiger partial charge in [0.25, 0.3) is 0 Å². The van der Waals surface area contributed by atoms with Gasteiger partial charge in [0.1, 0.15) is 11.5 Å². The molecule has 0 atom stereocenters. The quantitative estimate of drug-likeness (QED) is 0.857. The minimum absolute atomic E-state index is 0.461. The van der Waals surface area contributed by atoms with Crippen LogP contribution in [0.3, 0.4) is 0 Å². The first-order valence-electron chi connectivity index (χ1n) is 7.13. The third kappa shape index (κ3) is 3.61. The second-order valence-electron chi connectivity index (χ2n) is 5.47. The zero-order valence-corrected chi connectivity index (χ0v) is 12.7. The molecule has 0 aliphatic heterocycles. The Morgan fingerprint density at radius 3 is 2.25 bits per heavy atom. The maximum atomic E-state index is 6.16. The van der Waals surface area contributed by atoms with Crippen molar-refractivity contribution in [2.24, 2.45) is 0 Å². The van der Waals surface area contributed by atoms with Crippen LogP contribution in [0.15, 0.2) is 42.5 Å². The van der Waals surface area contributed by atoms with Crippen molar-refractivity contribution in [3.8, 4) is 11.5 Å². The van der Waals surface area contributed by atoms with Crippen molar-refractivity contribution in [1.29, 1.82) is 0 Å². The molecule has 0 aliphatic carbocycles. The molecule has 0 fully saturated rings. The number of aryl methyl sites for hydroxylation is 2. The highest BCUT2D eigenvalue weighted by Gasteiger charge is 2.08. The van der Waals surface area contributed by atoms with E-state index in [0.717, 1.165) is 29.2 Å². The number of ether oxygens (including phenoxy) is 1. The molecule has 2 aromatic rings. The fourth-order valence-electron chi connectivity index (χ4n) is 2.13. The lowest BCUT2D eigenvalue weighted by Crippen LogP contribution is -2.22. The lowest BCUT2D eigenvalue weighted by atomic mass is 10.1. The minimum atomic E-state index is 0.461. The molecule has 106 valence electrons. The van der Waals surface area contributed by atoms with Crippen LogP contribution in [0.5, 0.6) is 11.5 Å². The van der Waals surface area contributed by atoms with Crippen LogP contribution in [-0.4, -0.2) is 6.04 Å². The molecule has 0 aliphatic rings. The molecule has 0 aromatic heterocycles. The SMILES string of the molecule is Cc1cccc(C)c1Oc1ccccc1CNC(C)C. The summed E-state index contributed by atoms with van der Waals surface area (Å²) < 4.78 is 6.16. The van der Waals surface area contributed by atoms with E-state index in [4.69, 9.17) is 4.74 Å². The van der Waals surface area contributed by atoms with Gasteiger partial charge in [-0.15, -0.1) is 0 Å². The first-order valence-corrected chi connectivity index (χ1v) is 7.13. The van der Waals surface area contributed by atoms with E-state index in [1.54, 1.807) is 0 Å². The summed E-state index contributed by atoms with van der Waals surface area (Å²) in [6.07, 6.45) is 0. The molecule has 2 nitrogen and oxygen atoms in total. The maximum Gasteiger partial charge on any atom is 0.133 e. The number of hydrogen-bond acceptors (Lipinski definition) is 2. The molecule has 0 spiro atoms. The van der Waals surface area contributed by atoms with E-state index in [1.807, 2.05) is 12.1 Å². The van der Waals surface area contributed by atoms with Gasteiger partial charge in [-0.3, -0.25) is 0 Å². The lowest BCUT2D eigenvalue weighted by Gasteiger charge is -2.16. The Kier molecular flexibility index (Phi) is 4.80. The van der Waals surface area contributed by atoms with E-state index in [2.05, 4.69) is 63.3 Å². The molecule has 1 N–H and O–H groups in total. The van der Waals surface area contributed by atoms with Gasteiger partial charge in [0.15, 0.2) is 0 Å². The second kappa shape index (κ2) is 6.58. The summed E-state index contributed by atoms with van der Waals surface area (Å²) in [6, 6.07) is 14.9. The minimum Gasteiger partial charge on any atom is -0.456 e. The van der Waals surface area contributed by atoms with E-state index in [0.29, 0.717) is 6.04 Å². The van der Waals surface area contributed by atoms with E-state index < -0.39 is 0 Å². The Morgan fingerprint density at radius 1 is 0.950 bits per heavy atom. The predicted molar refractivity (Wildman–Crippen MR) is 84.4 cm³/mol. The average molecular weight is 269 g/mol. The van der Waals surface area contributed by atoms with Crippen molar-refractivity contribution < 1.29 is 4.74 Å². The number of benzene rings is 2. The second-order valence-corrected chi connectivity index (χ2v) is 5.47. The third-order valence-electron chi connectivity index (χ3n) is 3.29. The van der Waals surface area contributed by atoms with Crippen LogP contribution in [0.4, 0.5) is 0 Å². The number of para-hydroxylation sites is 2. The van der Waals surface area contributed by atoms with Gasteiger partial charge in [-0.25, -0.2) is 0 Å². The summed E-state index contributed by atoms with van der Waals surface area (Å²) in [6.45, 7) is 9.28. The fraction of sp³-hybridized carbons (Fsp3) is 0.333. The van der Waals surface area contributed by atoms with Crippen molar-refractivity contribution in [3.63, 3.8) is 0 Å². The number of rotatable bonds is 5. The Labute approximate surface area is 121 Å². The standard InChI is InChI=1S/C18H23NO/c1-13(2)19-12-16-10-5-6-11-17(16)20-18-14(3)8-7-9-15(18)4/h5-11,13,19H,12H2,1-4H3. The Hall–Kier alpha value is -1.80. The fourth-order valence-corrected chi connectivity index (χ4v) is 2.13. The van der Waals surface area contributed by atoms with Crippen molar-refractivity contribution in [2.75, 3.05) is 0 Å². The zero-order valence-electron chi connectivity index (χ0n) is 12.7. The van der Waals surface area contributed by atoms with E-state index in [-0.39, 0.29) is 0 Å². The van der Waals surface area contributed by atoms with Gasteiger partial charge in [0.2, 0.25) is 0 Å². The van der Waals surface area contributed by atoms with Gasteiger partial charge < -0.3 is 10.1 Å². The Bertz CT molecular complexity index is 555. The summed E-state index contributed by atoms with van der Waals surface area (Å²) in [5.41, 5.74) is 3.51. The molecular formula is C18H23NO. The highest BCUT2D eigenvalue weighted by atomic mass is 16.5. The van der Waals surface area contributed by atoms with Crippen LogP contribution in [0, 0.1) is 13.8 Å². The Morgan fingerprint density at radius 2 is 1.60 bits per heavy atom. The number of nitrogens with one attached hydrogen (secondary N) is 1. The molecule has 0 heterocycles. The van der Waals surface area contributed by atoms with Crippen molar-refractivity contribution in [1.82, 2.24) is 5.32 Å². The van der Waals surface area contributed by atoms with E-state index in [1.165, 1.54) is 5.56 Å². The van der Waals surface area contributed by atoms with Crippen LogP contribution in [0.25, 0.3) is 0 Å². The number of hydrogen-bond donors (Lipinski definition) is 1. The van der Waals surface area contributed by atoms with Crippen LogP contribution >= 0.6 is 0 Å². The monoisotopic (exact) mass is 269 g/mol. The molecule has 2 heteroatoms. The molecular weight excluding hydrogens is 246 g/mol. The summed E-state index contributed by atoms with van der Waals surface area (Å²) in [5, 5.41) is 3.44. The first kappa shape index (κ1) is 14.6. The zero-order chi connectivity index (χ0) is 14.5. The smallest absolute Gasteiger partial charge is 0.133 e. The van der Waals surface area contributed by atoms with E-state index in [9.17, 15) is 0 Å². The highest BCUT2D eigenvalue weighted by Crippen LogP contribution is 2.30. The summed E-state index contributed by atoms with van der Waals surface area (Å²) in [7, 11) is 0. The van der Waals surface area contributed by atoms with Gasteiger partial charge in [0, 0.05) is 18.2 Å². The molecule has 0 unspecified atom stereocenters. The van der Waals surface area contributed by atoms with Crippen molar-refractivity contribution in [2.45, 2.75) is 40.3 Å². The van der Waals surface area contributed by atoms with Crippen molar-refractivity contribution >= 4 is 0 Å². The summed E-state index contributed by atoms with van der Waals surface area (Å²) in [4.78, 5) is 0. The Balaban J connectivity index is 2.25. The largest absolute Gasteiger partial charge is 0.456 e. The lowest BCUT2D eigenvalue weighted by molar-refractivity contribution is 0.463. The summed E-state index contributed by atoms with van der Waals surface area (Å²) >= 11 is 0. The average Bonchev–Trinajstić information content (AvgIpc) is 2.42. The van der Waals surface area contributed by atoms with Gasteiger partial charge >= 0.3 is 0 Å². The predicted octanol–water partition coefficient (Wildman–Crippen LogP) is 4.59. The third-order valence-corrected chi connectivity index (χ3v) is 3.29. The highest BCUT2D eigenvalue weighted by molar-refractivity contribution is 5.45. The molecule has 2 rings (SSSR count). The van der Waals surface area contributed by atoms with Gasteiger partial charge in [-0.05, 0) is 31.0 Å². The van der Waals surface area contributed by atoms with Gasteiger partial charge in [-0.2, -0.15) is 0 Å². The normalized spacial score (nSPS) is 10.8. The summed E-state index contributed by atoms with van der Waals surface area (Å²) in [5.74, 6) is 1.89. The van der Waals surface area contributed by atoms with Crippen LogP contribution < -0.4 is 10.1 Å². The van der Waals surface area contributed by atoms with Gasteiger partial charge in [0.05, 0.1) is 0 Å². The molecule has 0 radical (unpaired) electrons. The maximum absolute atomic E-state index is 6.16. The van der Waals surface area contributed by atoms with Gasteiger partial charge in [-0.1, -0.05) is 50.2 Å². The molecule has 0 amide bonds.